The molecule has 0 saturated heterocycles. The molecular weight excluding hydrogens is 404 g/mol. The zero-order valence-corrected chi connectivity index (χ0v) is 19.5. The van der Waals surface area contributed by atoms with Gasteiger partial charge in [0.15, 0.2) is 0 Å². The zero-order valence-electron chi connectivity index (χ0n) is 18.7. The van der Waals surface area contributed by atoms with Crippen molar-refractivity contribution in [3.63, 3.8) is 0 Å². The van der Waals surface area contributed by atoms with E-state index < -0.39 is 10.4 Å². The van der Waals surface area contributed by atoms with Crippen molar-refractivity contribution in [2.45, 2.75) is 26.1 Å². The lowest BCUT2D eigenvalue weighted by atomic mass is 10.3. The van der Waals surface area contributed by atoms with Crippen molar-refractivity contribution >= 4 is 22.3 Å². The minimum atomic E-state index is -5.17. The van der Waals surface area contributed by atoms with Crippen LogP contribution in [0.4, 0.5) is 0 Å². The van der Waals surface area contributed by atoms with Crippen LogP contribution in [0, 0.1) is 0 Å². The zero-order chi connectivity index (χ0) is 24.1. The van der Waals surface area contributed by atoms with Crippen molar-refractivity contribution in [3.05, 3.63) is 25.3 Å². The van der Waals surface area contributed by atoms with Gasteiger partial charge in [0, 0.05) is 22.6 Å². The Bertz CT molecular complexity index is 571. The summed E-state index contributed by atoms with van der Waals surface area (Å²) < 4.78 is 45.7. The van der Waals surface area contributed by atoms with Gasteiger partial charge in [0.2, 0.25) is 0 Å². The molecule has 0 amide bonds. The maximum atomic E-state index is 10.8. The molecule has 0 fully saturated rings. The van der Waals surface area contributed by atoms with Gasteiger partial charge in [-0.1, -0.05) is 13.2 Å². The number of carbonyl (C=O) groups is 2. The van der Waals surface area contributed by atoms with Crippen LogP contribution in [0.25, 0.3) is 0 Å². The van der Waals surface area contributed by atoms with E-state index in [1.54, 1.807) is 0 Å². The van der Waals surface area contributed by atoms with Crippen molar-refractivity contribution in [1.82, 2.24) is 0 Å². The Kier molecular flexibility index (Phi) is 15.7. The number of hydrogen-bond donors (Lipinski definition) is 0. The topological polar surface area (TPSA) is 133 Å². The molecule has 0 aliphatic carbocycles. The van der Waals surface area contributed by atoms with E-state index in [4.69, 9.17) is 27.0 Å². The van der Waals surface area contributed by atoms with Gasteiger partial charge in [-0.3, -0.25) is 8.42 Å². The summed E-state index contributed by atoms with van der Waals surface area (Å²) in [4.78, 5) is 21.5. The van der Waals surface area contributed by atoms with Gasteiger partial charge in [-0.15, -0.1) is 0 Å². The van der Waals surface area contributed by atoms with Gasteiger partial charge in [-0.25, -0.2) is 9.59 Å². The largest absolute Gasteiger partial charge is 0.759 e. The molecule has 172 valence electrons. The number of quaternary nitrogens is 2. The minimum Gasteiger partial charge on any atom is -0.759 e. The van der Waals surface area contributed by atoms with Gasteiger partial charge in [0.1, 0.15) is 25.3 Å². The summed E-state index contributed by atoms with van der Waals surface area (Å²) in [6, 6.07) is 0. The Balaban J connectivity index is -0.000000380. The lowest BCUT2D eigenvalue weighted by Gasteiger charge is -2.26. The maximum absolute atomic E-state index is 10.8. The van der Waals surface area contributed by atoms with Crippen LogP contribution in [-0.2, 0) is 29.5 Å². The molecule has 0 aliphatic heterocycles. The van der Waals surface area contributed by atoms with Crippen LogP contribution < -0.4 is 0 Å². The molecular formula is C18H36N2O8S. The molecule has 2 atom stereocenters. The van der Waals surface area contributed by atoms with Crippen LogP contribution in [0.5, 0.6) is 0 Å². The normalized spacial score (nSPS) is 13.3. The first-order valence-corrected chi connectivity index (χ1v) is 9.97. The third-order valence-electron chi connectivity index (χ3n) is 2.58. The van der Waals surface area contributed by atoms with Gasteiger partial charge in [0.05, 0.1) is 42.3 Å². The van der Waals surface area contributed by atoms with E-state index in [9.17, 15) is 9.59 Å². The highest BCUT2D eigenvalue weighted by Gasteiger charge is 2.16. The van der Waals surface area contributed by atoms with Crippen LogP contribution in [0.2, 0.25) is 0 Å². The number of nitrogens with zero attached hydrogens (tertiary/aromatic N) is 2. The van der Waals surface area contributed by atoms with Crippen molar-refractivity contribution < 1.29 is 45.6 Å². The lowest BCUT2D eigenvalue weighted by molar-refractivity contribution is -0.873. The first-order chi connectivity index (χ1) is 12.7. The van der Waals surface area contributed by atoms with Gasteiger partial charge in [0.25, 0.3) is 0 Å². The third kappa shape index (κ3) is 37.6. The fraction of sp³-hybridized carbons (Fsp3) is 0.667. The second-order valence-electron chi connectivity index (χ2n) is 8.26. The van der Waals surface area contributed by atoms with E-state index in [2.05, 4.69) is 55.4 Å². The van der Waals surface area contributed by atoms with Crippen LogP contribution in [0.3, 0.4) is 0 Å². The smallest absolute Gasteiger partial charge is 0.330 e. The third-order valence-corrected chi connectivity index (χ3v) is 2.58. The van der Waals surface area contributed by atoms with Gasteiger partial charge < -0.3 is 27.5 Å². The van der Waals surface area contributed by atoms with Gasteiger partial charge >= 0.3 is 11.9 Å². The maximum Gasteiger partial charge on any atom is 0.330 e. The van der Waals surface area contributed by atoms with Crippen molar-refractivity contribution in [1.29, 1.82) is 0 Å². The molecule has 0 aliphatic rings. The highest BCUT2D eigenvalue weighted by molar-refractivity contribution is 7.79. The van der Waals surface area contributed by atoms with E-state index in [0.717, 1.165) is 22.1 Å². The molecule has 0 heterocycles. The molecule has 0 spiro atoms. The van der Waals surface area contributed by atoms with E-state index >= 15 is 0 Å². The highest BCUT2D eigenvalue weighted by Crippen LogP contribution is 2.00. The summed E-state index contributed by atoms with van der Waals surface area (Å²) in [6.07, 6.45) is 2.25. The molecule has 0 rings (SSSR count). The molecule has 29 heavy (non-hydrogen) atoms. The second-order valence-corrected chi connectivity index (χ2v) is 9.07. The predicted octanol–water partition coefficient (Wildman–Crippen LogP) is 0.283. The predicted molar refractivity (Wildman–Crippen MR) is 108 cm³/mol. The van der Waals surface area contributed by atoms with E-state index in [0.29, 0.717) is 0 Å². The van der Waals surface area contributed by atoms with Gasteiger partial charge in [-0.05, 0) is 13.8 Å². The van der Waals surface area contributed by atoms with E-state index in [-0.39, 0.29) is 24.1 Å². The molecule has 0 aromatic rings. The SMILES string of the molecule is C=CC(=O)OC(C)C[N+](C)(C)C.C=CC(=O)OC(C)C[N+](C)(C)C.O=S(=O)([O-])[O-]. The average molecular weight is 441 g/mol. The number of esters is 2. The van der Waals surface area contributed by atoms with Crippen molar-refractivity contribution in [2.75, 3.05) is 55.4 Å². The minimum absolute atomic E-state index is 0.0597. The standard InChI is InChI=1S/2C9H18NO2.H2O4S/c2*1-6-9(11)12-8(2)7-10(3,4)5;1-5(2,3)4/h2*6,8H,1,7H2,2-5H3;(H2,1,2,3,4)/q2*+1;/p-2. The summed E-state index contributed by atoms with van der Waals surface area (Å²) >= 11 is 0. The quantitative estimate of drug-likeness (QED) is 0.173. The Hall–Kier alpha value is -1.79. The van der Waals surface area contributed by atoms with Gasteiger partial charge in [-0.2, -0.15) is 0 Å². The van der Waals surface area contributed by atoms with E-state index in [1.807, 2.05) is 13.8 Å². The number of rotatable bonds is 8. The summed E-state index contributed by atoms with van der Waals surface area (Å²) in [5, 5.41) is 0. The Labute approximate surface area is 175 Å². The summed E-state index contributed by atoms with van der Waals surface area (Å²) in [5.41, 5.74) is 0. The molecule has 2 unspecified atom stereocenters. The van der Waals surface area contributed by atoms with E-state index in [1.165, 1.54) is 12.2 Å². The Morgan fingerprint density at radius 2 is 1.03 bits per heavy atom. The number of carbonyl (C=O) groups excluding carboxylic acids is 2. The lowest BCUT2D eigenvalue weighted by Crippen LogP contribution is -2.41. The molecule has 0 bridgehead atoms. The summed E-state index contributed by atoms with van der Waals surface area (Å²) in [7, 11) is 7.16. The molecule has 0 radical (unpaired) electrons. The number of hydrogen-bond acceptors (Lipinski definition) is 8. The Morgan fingerprint density at radius 1 is 0.828 bits per heavy atom. The monoisotopic (exact) mass is 440 g/mol. The fourth-order valence-corrected chi connectivity index (χ4v) is 2.11. The first kappa shape index (κ1) is 31.9. The van der Waals surface area contributed by atoms with Crippen LogP contribution in [0.1, 0.15) is 13.8 Å². The van der Waals surface area contributed by atoms with Crippen LogP contribution in [-0.4, -0.2) is 106 Å². The van der Waals surface area contributed by atoms with Crippen LogP contribution in [0.15, 0.2) is 25.3 Å². The van der Waals surface area contributed by atoms with Crippen molar-refractivity contribution in [3.8, 4) is 0 Å². The summed E-state index contributed by atoms with van der Waals surface area (Å²) in [5.74, 6) is -0.702. The molecule has 0 aromatic carbocycles. The summed E-state index contributed by atoms with van der Waals surface area (Å²) in [6.45, 7) is 12.0. The highest BCUT2D eigenvalue weighted by atomic mass is 32.3. The number of likely N-dealkylation sites (N-methyl/N-ethyl adjacent to an activating group) is 2. The molecule has 0 saturated carbocycles. The Morgan fingerprint density at radius 3 is 1.17 bits per heavy atom. The second kappa shape index (κ2) is 14.2. The number of ether oxygens (including phenoxy) is 2. The first-order valence-electron chi connectivity index (χ1n) is 8.64. The molecule has 11 heteroatoms. The molecule has 10 nitrogen and oxygen atoms in total. The van der Waals surface area contributed by atoms with Crippen LogP contribution >= 0.6 is 0 Å². The van der Waals surface area contributed by atoms with Crippen molar-refractivity contribution in [2.24, 2.45) is 0 Å². The fourth-order valence-electron chi connectivity index (χ4n) is 2.11. The molecule has 0 aromatic heterocycles. The average Bonchev–Trinajstić information content (AvgIpc) is 2.41. The molecule has 0 N–H and O–H groups in total.